The largest absolute Gasteiger partial charge is 0.398 e. The zero-order chi connectivity index (χ0) is 13.4. The normalized spacial score (nSPS) is 22.6. The van der Waals surface area contributed by atoms with E-state index in [2.05, 4.69) is 0 Å². The van der Waals surface area contributed by atoms with Crippen molar-refractivity contribution in [1.29, 1.82) is 5.41 Å². The van der Waals surface area contributed by atoms with Gasteiger partial charge in [-0.15, -0.1) is 0 Å². The van der Waals surface area contributed by atoms with Crippen molar-refractivity contribution in [3.63, 3.8) is 0 Å². The van der Waals surface area contributed by atoms with E-state index in [0.717, 1.165) is 18.4 Å². The summed E-state index contributed by atoms with van der Waals surface area (Å²) in [5, 5.41) is 8.02. The zero-order valence-corrected chi connectivity index (χ0v) is 10.7. The molecule has 0 atom stereocenters. The number of nitrogens with two attached hydrogens (primary N) is 1. The van der Waals surface area contributed by atoms with E-state index in [9.17, 15) is 4.79 Å². The highest BCUT2D eigenvalue weighted by Crippen LogP contribution is 2.32. The molecule has 0 aromatic heterocycles. The fourth-order valence-corrected chi connectivity index (χ4v) is 2.51. The second-order valence-corrected chi connectivity index (χ2v) is 5.11. The van der Waals surface area contributed by atoms with Gasteiger partial charge in [0, 0.05) is 24.7 Å². The Morgan fingerprint density at radius 1 is 1.26 bits per heavy atom. The molecule has 1 amide bonds. The maximum atomic E-state index is 12.5. The number of piperidine rings is 1. The van der Waals surface area contributed by atoms with Gasteiger partial charge in [0.15, 0.2) is 0 Å². The third-order valence-corrected chi connectivity index (χ3v) is 3.72. The highest BCUT2D eigenvalue weighted by Gasteiger charge is 2.38. The van der Waals surface area contributed by atoms with Crippen LogP contribution < -0.4 is 5.73 Å². The molecule has 0 unspecified atom stereocenters. The summed E-state index contributed by atoms with van der Waals surface area (Å²) in [6.45, 7) is 0.661. The highest BCUT2D eigenvalue weighted by molar-refractivity contribution is 6.26. The number of carbonyl (C=O) groups excluding carboxylic acids is 1. The molecule has 1 saturated heterocycles. The molecule has 2 aliphatic rings. The number of benzene rings is 1. The second-order valence-electron chi connectivity index (χ2n) is 5.11. The summed E-state index contributed by atoms with van der Waals surface area (Å²) in [6.07, 6.45) is 2.76. The molecule has 1 aliphatic carbocycles. The average Bonchev–Trinajstić information content (AvgIpc) is 3.24. The Hall–Kier alpha value is -2.10. The summed E-state index contributed by atoms with van der Waals surface area (Å²) in [6, 6.07) is 9.81. The van der Waals surface area contributed by atoms with Gasteiger partial charge in [-0.3, -0.25) is 4.79 Å². The van der Waals surface area contributed by atoms with Gasteiger partial charge in [0.1, 0.15) is 0 Å². The van der Waals surface area contributed by atoms with Gasteiger partial charge >= 0.3 is 0 Å². The van der Waals surface area contributed by atoms with Gasteiger partial charge in [-0.25, -0.2) is 0 Å². The summed E-state index contributed by atoms with van der Waals surface area (Å²) >= 11 is 0. The lowest BCUT2D eigenvalue weighted by Crippen LogP contribution is -2.43. The average molecular weight is 255 g/mol. The predicted octanol–water partition coefficient (Wildman–Crippen LogP) is 1.77. The van der Waals surface area contributed by atoms with Crippen LogP contribution in [0.1, 0.15) is 24.8 Å². The highest BCUT2D eigenvalue weighted by atomic mass is 16.2. The Labute approximate surface area is 112 Å². The first-order valence-electron chi connectivity index (χ1n) is 6.62. The van der Waals surface area contributed by atoms with Crippen molar-refractivity contribution < 1.29 is 4.79 Å². The van der Waals surface area contributed by atoms with Crippen LogP contribution in [0.5, 0.6) is 0 Å². The van der Waals surface area contributed by atoms with E-state index in [-0.39, 0.29) is 5.91 Å². The van der Waals surface area contributed by atoms with E-state index in [1.54, 1.807) is 0 Å². The number of hydrogen-bond acceptors (Lipinski definition) is 3. The molecule has 98 valence electrons. The Morgan fingerprint density at radius 3 is 2.58 bits per heavy atom. The van der Waals surface area contributed by atoms with E-state index < -0.39 is 0 Å². The number of likely N-dealkylation sites (tertiary alicyclic amines) is 1. The Kier molecular flexibility index (Phi) is 2.85. The lowest BCUT2D eigenvalue weighted by Gasteiger charge is -2.29. The van der Waals surface area contributed by atoms with Crippen LogP contribution in [-0.4, -0.2) is 29.1 Å². The molecule has 1 aliphatic heterocycles. The molecule has 0 spiro atoms. The number of carbonyl (C=O) groups is 1. The van der Waals surface area contributed by atoms with Crippen LogP contribution in [0.2, 0.25) is 0 Å². The predicted molar refractivity (Wildman–Crippen MR) is 74.6 cm³/mol. The first-order chi connectivity index (χ1) is 9.18. The SMILES string of the molecule is N=C1CCN(C2CC2)C(=O)/C1=C(/N)c1ccccc1. The summed E-state index contributed by atoms with van der Waals surface area (Å²) in [4.78, 5) is 14.4. The van der Waals surface area contributed by atoms with E-state index in [0.29, 0.717) is 36.0 Å². The third kappa shape index (κ3) is 2.14. The van der Waals surface area contributed by atoms with Gasteiger partial charge in [0.25, 0.3) is 5.91 Å². The summed E-state index contributed by atoms with van der Waals surface area (Å²) in [5.41, 5.74) is 8.13. The molecule has 1 saturated carbocycles. The molecule has 1 heterocycles. The number of hydrogen-bond donors (Lipinski definition) is 2. The van der Waals surface area contributed by atoms with E-state index in [1.165, 1.54) is 0 Å². The third-order valence-electron chi connectivity index (χ3n) is 3.72. The van der Waals surface area contributed by atoms with Gasteiger partial charge in [-0.2, -0.15) is 0 Å². The molecule has 2 fully saturated rings. The molecule has 1 aromatic rings. The monoisotopic (exact) mass is 255 g/mol. The summed E-state index contributed by atoms with van der Waals surface area (Å²) in [7, 11) is 0. The lowest BCUT2D eigenvalue weighted by atomic mass is 9.96. The van der Waals surface area contributed by atoms with Crippen molar-refractivity contribution >= 4 is 17.3 Å². The second kappa shape index (κ2) is 4.53. The lowest BCUT2D eigenvalue weighted by molar-refractivity contribution is -0.127. The molecule has 4 nitrogen and oxygen atoms in total. The van der Waals surface area contributed by atoms with Crippen LogP contribution >= 0.6 is 0 Å². The van der Waals surface area contributed by atoms with E-state index in [1.807, 2.05) is 35.2 Å². The van der Waals surface area contributed by atoms with Crippen molar-refractivity contribution in [1.82, 2.24) is 4.90 Å². The Morgan fingerprint density at radius 2 is 1.95 bits per heavy atom. The molecule has 1 aromatic carbocycles. The Balaban J connectivity index is 2.00. The minimum absolute atomic E-state index is 0.0693. The van der Waals surface area contributed by atoms with Crippen molar-refractivity contribution in [2.75, 3.05) is 6.54 Å². The minimum Gasteiger partial charge on any atom is -0.398 e. The van der Waals surface area contributed by atoms with Crippen LogP contribution in [0.4, 0.5) is 0 Å². The fraction of sp³-hybridized carbons (Fsp3) is 0.333. The van der Waals surface area contributed by atoms with Gasteiger partial charge in [0.05, 0.1) is 11.3 Å². The zero-order valence-electron chi connectivity index (χ0n) is 10.7. The molecule has 4 heteroatoms. The van der Waals surface area contributed by atoms with Crippen LogP contribution in [0.3, 0.4) is 0 Å². The summed E-state index contributed by atoms with van der Waals surface area (Å²) < 4.78 is 0. The van der Waals surface area contributed by atoms with Gasteiger partial charge in [-0.1, -0.05) is 30.3 Å². The summed E-state index contributed by atoms with van der Waals surface area (Å²) in [5.74, 6) is -0.0693. The molecule has 19 heavy (non-hydrogen) atoms. The van der Waals surface area contributed by atoms with Crippen molar-refractivity contribution in [3.05, 3.63) is 41.5 Å². The van der Waals surface area contributed by atoms with Crippen molar-refractivity contribution in [2.45, 2.75) is 25.3 Å². The first kappa shape index (κ1) is 12.0. The Bertz CT molecular complexity index is 558. The number of nitrogens with zero attached hydrogens (tertiary/aromatic N) is 1. The molecule has 3 N–H and O–H groups in total. The van der Waals surface area contributed by atoms with Crippen molar-refractivity contribution in [2.24, 2.45) is 5.73 Å². The molecule has 3 rings (SSSR count). The number of rotatable bonds is 2. The molecular formula is C15H17N3O. The standard InChI is InChI=1S/C15H17N3O/c16-12-8-9-18(11-6-7-11)15(19)13(12)14(17)10-4-2-1-3-5-10/h1-5,11,16H,6-9,17H2/b14-13+,16-12?. The van der Waals surface area contributed by atoms with Crippen LogP contribution in [0.15, 0.2) is 35.9 Å². The van der Waals surface area contributed by atoms with Crippen LogP contribution in [0, 0.1) is 5.41 Å². The van der Waals surface area contributed by atoms with Gasteiger partial charge in [-0.05, 0) is 18.4 Å². The maximum Gasteiger partial charge on any atom is 0.258 e. The number of nitrogens with one attached hydrogen (secondary N) is 1. The van der Waals surface area contributed by atoms with Gasteiger partial charge < -0.3 is 16.0 Å². The smallest absolute Gasteiger partial charge is 0.258 e. The number of amides is 1. The van der Waals surface area contributed by atoms with Crippen molar-refractivity contribution in [3.8, 4) is 0 Å². The quantitative estimate of drug-likeness (QED) is 0.791. The minimum atomic E-state index is -0.0693. The molecular weight excluding hydrogens is 238 g/mol. The van der Waals surface area contributed by atoms with Crippen LogP contribution in [-0.2, 0) is 4.79 Å². The van der Waals surface area contributed by atoms with E-state index >= 15 is 0 Å². The first-order valence-corrected chi connectivity index (χ1v) is 6.62. The van der Waals surface area contributed by atoms with Crippen LogP contribution in [0.25, 0.3) is 5.70 Å². The van der Waals surface area contributed by atoms with Gasteiger partial charge in [0.2, 0.25) is 0 Å². The fourth-order valence-electron chi connectivity index (χ4n) is 2.51. The topological polar surface area (TPSA) is 70.2 Å². The maximum absolute atomic E-state index is 12.5. The van der Waals surface area contributed by atoms with E-state index in [4.69, 9.17) is 11.1 Å². The molecule has 0 bridgehead atoms. The molecule has 0 radical (unpaired) electrons.